The molecule has 16 heavy (non-hydrogen) atoms. The number of hydrogen-bond donors (Lipinski definition) is 0. The first-order valence-electron chi connectivity index (χ1n) is 4.86. The summed E-state index contributed by atoms with van der Waals surface area (Å²) < 4.78 is 30.7. The molecule has 1 saturated heterocycles. The van der Waals surface area contributed by atoms with Crippen molar-refractivity contribution in [3.05, 3.63) is 29.3 Å². The maximum Gasteiger partial charge on any atom is 0.243 e. The van der Waals surface area contributed by atoms with E-state index in [-0.39, 0.29) is 4.90 Å². The highest BCUT2D eigenvalue weighted by Gasteiger charge is 2.25. The van der Waals surface area contributed by atoms with Gasteiger partial charge in [0, 0.05) is 24.2 Å². The van der Waals surface area contributed by atoms with Gasteiger partial charge in [-0.25, -0.2) is 8.42 Å². The Hall–Kier alpha value is -0.620. The lowest BCUT2D eigenvalue weighted by Gasteiger charge is -2.25. The standard InChI is InChI=1S/C10H11ClNO3S/c11-9-1-3-10(4-2-9)16(13,14)12-5-7-15-8-6-12/h1,3-4H,5-8H2. The minimum absolute atomic E-state index is 0.221. The van der Waals surface area contributed by atoms with Gasteiger partial charge in [0.1, 0.15) is 0 Å². The van der Waals surface area contributed by atoms with E-state index in [2.05, 4.69) is 6.07 Å². The van der Waals surface area contributed by atoms with Gasteiger partial charge < -0.3 is 4.74 Å². The van der Waals surface area contributed by atoms with Crippen molar-refractivity contribution in [2.24, 2.45) is 0 Å². The minimum Gasteiger partial charge on any atom is -0.379 e. The van der Waals surface area contributed by atoms with Crippen molar-refractivity contribution in [1.29, 1.82) is 0 Å². The van der Waals surface area contributed by atoms with Crippen LogP contribution in [0.15, 0.2) is 23.1 Å². The molecule has 1 aliphatic rings. The second-order valence-corrected chi connectivity index (χ2v) is 5.73. The maximum absolute atomic E-state index is 12.1. The molecule has 0 atom stereocenters. The number of sulfonamides is 1. The van der Waals surface area contributed by atoms with Gasteiger partial charge in [-0.2, -0.15) is 4.31 Å². The summed E-state index contributed by atoms with van der Waals surface area (Å²) >= 11 is 5.66. The molecule has 1 radical (unpaired) electrons. The van der Waals surface area contributed by atoms with Crippen LogP contribution in [0.25, 0.3) is 0 Å². The molecular formula is C10H11ClNO3S. The third kappa shape index (κ3) is 2.38. The molecule has 0 spiro atoms. The van der Waals surface area contributed by atoms with Crippen molar-refractivity contribution < 1.29 is 13.2 Å². The molecule has 0 N–H and O–H groups in total. The van der Waals surface area contributed by atoms with Crippen molar-refractivity contribution in [3.8, 4) is 0 Å². The van der Waals surface area contributed by atoms with Crippen LogP contribution in [0.4, 0.5) is 0 Å². The molecule has 0 unspecified atom stereocenters. The van der Waals surface area contributed by atoms with E-state index in [1.54, 1.807) is 0 Å². The second-order valence-electron chi connectivity index (χ2n) is 3.39. The number of nitrogens with zero attached hydrogens (tertiary/aromatic N) is 1. The zero-order chi connectivity index (χ0) is 11.6. The number of halogens is 1. The summed E-state index contributed by atoms with van der Waals surface area (Å²) in [7, 11) is -3.42. The fourth-order valence-electron chi connectivity index (χ4n) is 1.49. The SMILES string of the molecule is O=S(=O)(c1c[c]c(Cl)cc1)N1CCOCC1. The molecule has 2 rings (SSSR count). The van der Waals surface area contributed by atoms with Crippen LogP contribution < -0.4 is 0 Å². The number of hydrogen-bond acceptors (Lipinski definition) is 3. The summed E-state index contributed by atoms with van der Waals surface area (Å²) in [6.07, 6.45) is 0. The zero-order valence-electron chi connectivity index (χ0n) is 8.52. The summed E-state index contributed by atoms with van der Waals surface area (Å²) in [5.41, 5.74) is 0. The third-order valence-electron chi connectivity index (χ3n) is 2.35. The molecule has 0 aromatic heterocycles. The summed E-state index contributed by atoms with van der Waals surface area (Å²) in [6, 6.07) is 7.08. The fourth-order valence-corrected chi connectivity index (χ4v) is 2.98. The monoisotopic (exact) mass is 260 g/mol. The van der Waals surface area contributed by atoms with Crippen molar-refractivity contribution in [1.82, 2.24) is 4.31 Å². The van der Waals surface area contributed by atoms with Gasteiger partial charge in [0.15, 0.2) is 0 Å². The average Bonchev–Trinajstić information content (AvgIpc) is 2.31. The quantitative estimate of drug-likeness (QED) is 0.802. The molecule has 1 heterocycles. The van der Waals surface area contributed by atoms with Gasteiger partial charge in [0.25, 0.3) is 0 Å². The molecule has 1 aromatic rings. The van der Waals surface area contributed by atoms with E-state index < -0.39 is 10.0 Å². The molecule has 0 amide bonds. The van der Waals surface area contributed by atoms with Gasteiger partial charge in [-0.1, -0.05) is 11.6 Å². The Balaban J connectivity index is 2.27. The summed E-state index contributed by atoms with van der Waals surface area (Å²) in [5.74, 6) is 0. The summed E-state index contributed by atoms with van der Waals surface area (Å²) in [6.45, 7) is 1.67. The van der Waals surface area contributed by atoms with Crippen LogP contribution in [0.5, 0.6) is 0 Å². The highest BCUT2D eigenvalue weighted by Crippen LogP contribution is 2.18. The molecule has 4 nitrogen and oxygen atoms in total. The lowest BCUT2D eigenvalue weighted by atomic mass is 10.4. The molecular weight excluding hydrogens is 250 g/mol. The number of rotatable bonds is 2. The first-order chi connectivity index (χ1) is 7.60. The summed E-state index contributed by atoms with van der Waals surface area (Å²) in [5, 5.41) is 0.404. The van der Waals surface area contributed by atoms with E-state index >= 15 is 0 Å². The van der Waals surface area contributed by atoms with E-state index in [0.717, 1.165) is 0 Å². The highest BCUT2D eigenvalue weighted by molar-refractivity contribution is 7.89. The van der Waals surface area contributed by atoms with Crippen LogP contribution in [-0.2, 0) is 14.8 Å². The van der Waals surface area contributed by atoms with E-state index in [9.17, 15) is 8.42 Å². The van der Waals surface area contributed by atoms with Crippen LogP contribution in [0.1, 0.15) is 0 Å². The Morgan fingerprint density at radius 2 is 2.00 bits per heavy atom. The van der Waals surface area contributed by atoms with Crippen LogP contribution in [0.2, 0.25) is 5.02 Å². The molecule has 1 fully saturated rings. The first kappa shape index (κ1) is 11.9. The normalized spacial score (nSPS) is 18.6. The molecule has 87 valence electrons. The Morgan fingerprint density at radius 1 is 1.31 bits per heavy atom. The Morgan fingerprint density at radius 3 is 2.56 bits per heavy atom. The van der Waals surface area contributed by atoms with E-state index in [1.165, 1.54) is 22.5 Å². The average molecular weight is 261 g/mol. The largest absolute Gasteiger partial charge is 0.379 e. The smallest absolute Gasteiger partial charge is 0.243 e. The Bertz CT molecular complexity index is 451. The van der Waals surface area contributed by atoms with Crippen LogP contribution in [-0.4, -0.2) is 39.0 Å². The van der Waals surface area contributed by atoms with Crippen molar-refractivity contribution >= 4 is 21.6 Å². The van der Waals surface area contributed by atoms with Crippen LogP contribution >= 0.6 is 11.6 Å². The van der Waals surface area contributed by atoms with Crippen LogP contribution in [0.3, 0.4) is 0 Å². The predicted molar refractivity (Wildman–Crippen MR) is 59.9 cm³/mol. The van der Waals surface area contributed by atoms with E-state index in [0.29, 0.717) is 31.3 Å². The van der Waals surface area contributed by atoms with Crippen molar-refractivity contribution in [2.75, 3.05) is 26.3 Å². The Labute approximate surface area is 99.8 Å². The fraction of sp³-hybridized carbons (Fsp3) is 0.400. The highest BCUT2D eigenvalue weighted by atomic mass is 35.5. The lowest BCUT2D eigenvalue weighted by Crippen LogP contribution is -2.40. The van der Waals surface area contributed by atoms with E-state index in [1.807, 2.05) is 0 Å². The zero-order valence-corrected chi connectivity index (χ0v) is 10.1. The van der Waals surface area contributed by atoms with Crippen molar-refractivity contribution in [2.45, 2.75) is 4.90 Å². The van der Waals surface area contributed by atoms with Crippen LogP contribution in [0, 0.1) is 6.07 Å². The molecule has 0 saturated carbocycles. The second kappa shape index (κ2) is 4.71. The van der Waals surface area contributed by atoms with Gasteiger partial charge in [-0.15, -0.1) is 0 Å². The van der Waals surface area contributed by atoms with Gasteiger partial charge in [-0.3, -0.25) is 0 Å². The molecule has 0 aliphatic carbocycles. The molecule has 6 heteroatoms. The van der Waals surface area contributed by atoms with Gasteiger partial charge in [0.2, 0.25) is 10.0 Å². The van der Waals surface area contributed by atoms with Crippen molar-refractivity contribution in [3.63, 3.8) is 0 Å². The molecule has 0 bridgehead atoms. The van der Waals surface area contributed by atoms with E-state index in [4.69, 9.17) is 16.3 Å². The first-order valence-corrected chi connectivity index (χ1v) is 6.67. The molecule has 1 aromatic carbocycles. The minimum atomic E-state index is -3.42. The topological polar surface area (TPSA) is 46.6 Å². The number of morpholine rings is 1. The maximum atomic E-state index is 12.1. The summed E-state index contributed by atoms with van der Waals surface area (Å²) in [4.78, 5) is 0.221. The predicted octanol–water partition coefficient (Wildman–Crippen LogP) is 1.16. The van der Waals surface area contributed by atoms with Gasteiger partial charge in [-0.05, 0) is 18.2 Å². The van der Waals surface area contributed by atoms with Gasteiger partial charge >= 0.3 is 0 Å². The number of benzene rings is 1. The van der Waals surface area contributed by atoms with Gasteiger partial charge in [0.05, 0.1) is 18.1 Å². The third-order valence-corrected chi connectivity index (χ3v) is 4.48. The number of ether oxygens (including phenoxy) is 1. The lowest BCUT2D eigenvalue weighted by molar-refractivity contribution is 0.0730. The Kier molecular flexibility index (Phi) is 3.49. The molecule has 1 aliphatic heterocycles.